The molecule has 2 aromatic heterocycles. The molecule has 1 aliphatic heterocycles. The number of piperidine rings is 1. The van der Waals surface area contributed by atoms with Crippen LogP contribution in [0.15, 0.2) is 36.9 Å². The molecule has 1 fully saturated rings. The Morgan fingerprint density at radius 1 is 1.18 bits per heavy atom. The average Bonchev–Trinajstić information content (AvgIpc) is 2.58. The van der Waals surface area contributed by atoms with Crippen molar-refractivity contribution in [1.82, 2.24) is 19.9 Å². The molecule has 1 N–H and O–H groups in total. The third-order valence-corrected chi connectivity index (χ3v) is 4.22. The van der Waals surface area contributed by atoms with Crippen molar-refractivity contribution in [1.29, 1.82) is 0 Å². The van der Waals surface area contributed by atoms with Crippen LogP contribution in [0, 0.1) is 5.82 Å². The first-order valence-corrected chi connectivity index (χ1v) is 7.60. The lowest BCUT2D eigenvalue weighted by Crippen LogP contribution is -2.40. The molecule has 1 saturated heterocycles. The van der Waals surface area contributed by atoms with Gasteiger partial charge in [-0.3, -0.25) is 9.88 Å². The van der Waals surface area contributed by atoms with Crippen molar-refractivity contribution in [3.05, 3.63) is 48.3 Å². The van der Waals surface area contributed by atoms with Crippen LogP contribution in [0.5, 0.6) is 0 Å². The molecular weight excluding hydrogens is 281 g/mol. The average molecular weight is 301 g/mol. The molecule has 116 valence electrons. The second-order valence-electron chi connectivity index (χ2n) is 5.64. The summed E-state index contributed by atoms with van der Waals surface area (Å²) in [4.78, 5) is 14.5. The van der Waals surface area contributed by atoms with E-state index in [1.165, 1.54) is 18.0 Å². The summed E-state index contributed by atoms with van der Waals surface area (Å²) in [6.07, 6.45) is 8.11. The fourth-order valence-electron chi connectivity index (χ4n) is 2.85. The minimum absolute atomic E-state index is 0.339. The van der Waals surface area contributed by atoms with E-state index < -0.39 is 5.82 Å². The summed E-state index contributed by atoms with van der Waals surface area (Å²) in [5.74, 6) is 0.0913. The molecule has 3 heterocycles. The molecule has 1 aliphatic rings. The molecule has 22 heavy (non-hydrogen) atoms. The number of rotatable bonds is 4. The molecule has 0 aliphatic carbocycles. The molecule has 0 saturated carbocycles. The van der Waals surface area contributed by atoms with Crippen molar-refractivity contribution in [3.8, 4) is 0 Å². The van der Waals surface area contributed by atoms with Gasteiger partial charge in [0.2, 0.25) is 5.95 Å². The van der Waals surface area contributed by atoms with Gasteiger partial charge in [0, 0.05) is 37.6 Å². The minimum Gasteiger partial charge on any atom is -0.351 e. The second kappa shape index (κ2) is 6.79. The highest BCUT2D eigenvalue weighted by Crippen LogP contribution is 2.24. The van der Waals surface area contributed by atoms with Gasteiger partial charge in [-0.25, -0.2) is 14.4 Å². The number of nitrogens with one attached hydrogen (secondary N) is 1. The molecule has 3 rings (SSSR count). The summed E-state index contributed by atoms with van der Waals surface area (Å²) >= 11 is 0. The zero-order chi connectivity index (χ0) is 15.4. The smallest absolute Gasteiger partial charge is 0.222 e. The van der Waals surface area contributed by atoms with E-state index in [0.717, 1.165) is 25.9 Å². The van der Waals surface area contributed by atoms with E-state index in [0.29, 0.717) is 18.0 Å². The van der Waals surface area contributed by atoms with E-state index in [-0.39, 0.29) is 0 Å². The lowest BCUT2D eigenvalue weighted by Gasteiger charge is -2.36. The maximum Gasteiger partial charge on any atom is 0.222 e. The van der Waals surface area contributed by atoms with Gasteiger partial charge in [0.15, 0.2) is 5.82 Å². The van der Waals surface area contributed by atoms with Gasteiger partial charge in [0.1, 0.15) is 0 Å². The van der Waals surface area contributed by atoms with Crippen molar-refractivity contribution in [2.24, 2.45) is 0 Å². The highest BCUT2D eigenvalue weighted by Gasteiger charge is 2.23. The van der Waals surface area contributed by atoms with Crippen LogP contribution in [0.2, 0.25) is 0 Å². The highest BCUT2D eigenvalue weighted by molar-refractivity contribution is 5.25. The van der Waals surface area contributed by atoms with E-state index in [1.807, 2.05) is 12.4 Å². The van der Waals surface area contributed by atoms with Gasteiger partial charge in [-0.1, -0.05) is 0 Å². The van der Waals surface area contributed by atoms with E-state index in [9.17, 15) is 4.39 Å². The van der Waals surface area contributed by atoms with Crippen molar-refractivity contribution in [2.45, 2.75) is 31.8 Å². The van der Waals surface area contributed by atoms with Crippen LogP contribution < -0.4 is 5.32 Å². The van der Waals surface area contributed by atoms with Crippen LogP contribution in [0.4, 0.5) is 10.3 Å². The van der Waals surface area contributed by atoms with Crippen LogP contribution in [-0.2, 0) is 0 Å². The quantitative estimate of drug-likeness (QED) is 0.941. The van der Waals surface area contributed by atoms with Crippen molar-refractivity contribution in [2.75, 3.05) is 18.4 Å². The van der Waals surface area contributed by atoms with Crippen LogP contribution in [0.25, 0.3) is 0 Å². The standard InChI is InChI=1S/C16H20FN5/c1-12(13-2-6-18-7-3-13)22-8-4-15(5-9-22)21-16-19-10-14(17)11-20-16/h2-3,6-7,10-12,15H,4-5,8-9H2,1H3,(H,19,20,21). The molecule has 6 heteroatoms. The topological polar surface area (TPSA) is 53.9 Å². The Morgan fingerprint density at radius 3 is 2.45 bits per heavy atom. The predicted octanol–water partition coefficient (Wildman–Crippen LogP) is 2.65. The fraction of sp³-hybridized carbons (Fsp3) is 0.438. The summed E-state index contributed by atoms with van der Waals surface area (Å²) in [5.41, 5.74) is 1.29. The fourth-order valence-corrected chi connectivity index (χ4v) is 2.85. The first-order chi connectivity index (χ1) is 10.7. The number of likely N-dealkylation sites (tertiary alicyclic amines) is 1. The zero-order valence-electron chi connectivity index (χ0n) is 12.6. The Labute approximate surface area is 129 Å². The highest BCUT2D eigenvalue weighted by atomic mass is 19.1. The number of pyridine rings is 1. The predicted molar refractivity (Wildman–Crippen MR) is 82.9 cm³/mol. The number of anilines is 1. The summed E-state index contributed by atoms with van der Waals surface area (Å²) in [7, 11) is 0. The molecule has 0 bridgehead atoms. The maximum atomic E-state index is 12.8. The Bertz CT molecular complexity index is 581. The Hall–Kier alpha value is -2.08. The van der Waals surface area contributed by atoms with Gasteiger partial charge in [0.05, 0.1) is 12.4 Å². The van der Waals surface area contributed by atoms with Crippen LogP contribution in [0.3, 0.4) is 0 Å². The molecule has 0 radical (unpaired) electrons. The number of hydrogen-bond acceptors (Lipinski definition) is 5. The van der Waals surface area contributed by atoms with Crippen molar-refractivity contribution < 1.29 is 4.39 Å². The zero-order valence-corrected chi connectivity index (χ0v) is 12.6. The van der Waals surface area contributed by atoms with Gasteiger partial charge in [-0.05, 0) is 37.5 Å². The van der Waals surface area contributed by atoms with E-state index in [1.54, 1.807) is 0 Å². The van der Waals surface area contributed by atoms with Gasteiger partial charge in [0.25, 0.3) is 0 Å². The number of halogens is 1. The summed E-state index contributed by atoms with van der Waals surface area (Å²) < 4.78 is 12.8. The Morgan fingerprint density at radius 2 is 1.82 bits per heavy atom. The maximum absolute atomic E-state index is 12.8. The molecule has 1 unspecified atom stereocenters. The van der Waals surface area contributed by atoms with Crippen molar-refractivity contribution in [3.63, 3.8) is 0 Å². The largest absolute Gasteiger partial charge is 0.351 e. The molecule has 1 atom stereocenters. The summed E-state index contributed by atoms with van der Waals surface area (Å²) in [5, 5.41) is 3.28. The number of aromatic nitrogens is 3. The SMILES string of the molecule is CC(c1ccncc1)N1CCC(Nc2ncc(F)cn2)CC1. The van der Waals surface area contributed by atoms with E-state index in [4.69, 9.17) is 0 Å². The molecule has 5 nitrogen and oxygen atoms in total. The Balaban J connectivity index is 1.53. The molecule has 0 amide bonds. The van der Waals surface area contributed by atoms with Gasteiger partial charge in [-0.15, -0.1) is 0 Å². The van der Waals surface area contributed by atoms with Gasteiger partial charge in [-0.2, -0.15) is 0 Å². The number of hydrogen-bond donors (Lipinski definition) is 1. The number of nitrogens with zero attached hydrogens (tertiary/aromatic N) is 4. The lowest BCUT2D eigenvalue weighted by atomic mass is 10.0. The van der Waals surface area contributed by atoms with Crippen LogP contribution in [0.1, 0.15) is 31.4 Å². The monoisotopic (exact) mass is 301 g/mol. The minimum atomic E-state index is -0.411. The Kier molecular flexibility index (Phi) is 4.58. The second-order valence-corrected chi connectivity index (χ2v) is 5.64. The van der Waals surface area contributed by atoms with E-state index >= 15 is 0 Å². The normalized spacial score (nSPS) is 18.1. The molecular formula is C16H20FN5. The molecule has 0 spiro atoms. The molecule has 2 aromatic rings. The lowest BCUT2D eigenvalue weighted by molar-refractivity contribution is 0.167. The summed E-state index contributed by atoms with van der Waals surface area (Å²) in [6, 6.07) is 4.88. The van der Waals surface area contributed by atoms with Crippen LogP contribution in [-0.4, -0.2) is 39.0 Å². The van der Waals surface area contributed by atoms with Crippen LogP contribution >= 0.6 is 0 Å². The summed E-state index contributed by atoms with van der Waals surface area (Å²) in [6.45, 7) is 4.26. The molecule has 0 aromatic carbocycles. The third kappa shape index (κ3) is 3.57. The van der Waals surface area contributed by atoms with Gasteiger partial charge >= 0.3 is 0 Å². The first kappa shape index (κ1) is 14.8. The van der Waals surface area contributed by atoms with Crippen molar-refractivity contribution >= 4 is 5.95 Å². The first-order valence-electron chi connectivity index (χ1n) is 7.60. The third-order valence-electron chi connectivity index (χ3n) is 4.22. The van der Waals surface area contributed by atoms with E-state index in [2.05, 4.69) is 44.2 Å². The van der Waals surface area contributed by atoms with Gasteiger partial charge < -0.3 is 5.32 Å².